The fraction of sp³-hybridized carbons (Fsp3) is 0.357. The number of hydrogen-bond acceptors (Lipinski definition) is 3. The second kappa shape index (κ2) is 4.59. The summed E-state index contributed by atoms with van der Waals surface area (Å²) < 4.78 is 0. The van der Waals surface area contributed by atoms with Crippen molar-refractivity contribution in [1.29, 1.82) is 0 Å². The molecule has 0 fully saturated rings. The summed E-state index contributed by atoms with van der Waals surface area (Å²) in [6, 6.07) is 10.3. The maximum absolute atomic E-state index is 5.79. The molecule has 0 aliphatic heterocycles. The minimum Gasteiger partial charge on any atom is -0.325 e. The highest BCUT2D eigenvalue weighted by molar-refractivity contribution is 7.15. The van der Waals surface area contributed by atoms with Gasteiger partial charge in [-0.05, 0) is 5.56 Å². The lowest BCUT2D eigenvalue weighted by molar-refractivity contribution is 0.583. The molecule has 0 bridgehead atoms. The van der Waals surface area contributed by atoms with Crippen molar-refractivity contribution in [3.63, 3.8) is 0 Å². The van der Waals surface area contributed by atoms with E-state index in [-0.39, 0.29) is 5.41 Å². The van der Waals surface area contributed by atoms with Crippen LogP contribution in [0, 0.1) is 0 Å². The third-order valence-corrected chi connectivity index (χ3v) is 4.14. The van der Waals surface area contributed by atoms with Crippen molar-refractivity contribution in [3.8, 4) is 10.4 Å². The maximum Gasteiger partial charge on any atom is 0.0988 e. The first-order chi connectivity index (χ1) is 8.02. The minimum atomic E-state index is 0.0849. The fourth-order valence-corrected chi connectivity index (χ4v) is 2.78. The molecule has 2 N–H and O–H groups in total. The molecule has 0 saturated carbocycles. The molecule has 90 valence electrons. The van der Waals surface area contributed by atoms with Crippen molar-refractivity contribution < 1.29 is 0 Å². The average molecular weight is 246 g/mol. The Hall–Kier alpha value is -1.19. The molecule has 2 aromatic rings. The number of nitrogens with two attached hydrogens (primary N) is 1. The van der Waals surface area contributed by atoms with E-state index < -0.39 is 0 Å². The number of aromatic nitrogens is 1. The van der Waals surface area contributed by atoms with Gasteiger partial charge in [0.15, 0.2) is 0 Å². The summed E-state index contributed by atoms with van der Waals surface area (Å²) in [4.78, 5) is 5.88. The highest BCUT2D eigenvalue weighted by atomic mass is 32.1. The predicted molar refractivity (Wildman–Crippen MR) is 74.1 cm³/mol. The average Bonchev–Trinajstić information content (AvgIpc) is 2.73. The van der Waals surface area contributed by atoms with Crippen LogP contribution in [0.4, 0.5) is 0 Å². The second-order valence-corrected chi connectivity index (χ2v) is 6.11. The van der Waals surface area contributed by atoms with E-state index in [1.807, 2.05) is 18.2 Å². The molecule has 0 amide bonds. The molecule has 0 aliphatic carbocycles. The van der Waals surface area contributed by atoms with E-state index in [0.29, 0.717) is 6.54 Å². The van der Waals surface area contributed by atoms with E-state index in [9.17, 15) is 0 Å². The molecule has 0 saturated heterocycles. The van der Waals surface area contributed by atoms with Gasteiger partial charge in [-0.1, -0.05) is 51.1 Å². The molecular weight excluding hydrogens is 228 g/mol. The third kappa shape index (κ3) is 2.56. The van der Waals surface area contributed by atoms with Crippen molar-refractivity contribution in [1.82, 2.24) is 4.98 Å². The Bertz CT molecular complexity index is 495. The Balaban J connectivity index is 2.51. The van der Waals surface area contributed by atoms with Gasteiger partial charge in [0.25, 0.3) is 0 Å². The van der Waals surface area contributed by atoms with Crippen LogP contribution >= 0.6 is 11.3 Å². The van der Waals surface area contributed by atoms with Crippen LogP contribution < -0.4 is 5.73 Å². The summed E-state index contributed by atoms with van der Waals surface area (Å²) in [6.45, 7) is 7.04. The second-order valence-electron chi connectivity index (χ2n) is 5.11. The Morgan fingerprint density at radius 2 is 1.82 bits per heavy atom. The fourth-order valence-electron chi connectivity index (χ4n) is 1.63. The van der Waals surface area contributed by atoms with E-state index in [1.165, 1.54) is 10.4 Å². The molecule has 2 rings (SSSR count). The summed E-state index contributed by atoms with van der Waals surface area (Å²) in [5.41, 5.74) is 8.09. The first-order valence-electron chi connectivity index (χ1n) is 5.78. The molecule has 0 atom stereocenters. The molecule has 1 aromatic heterocycles. The number of thiazole rings is 1. The van der Waals surface area contributed by atoms with E-state index in [4.69, 9.17) is 5.73 Å². The summed E-state index contributed by atoms with van der Waals surface area (Å²) in [5.74, 6) is 0. The zero-order valence-corrected chi connectivity index (χ0v) is 11.3. The molecule has 0 aliphatic rings. The van der Waals surface area contributed by atoms with E-state index in [2.05, 4.69) is 37.9 Å². The maximum atomic E-state index is 5.79. The zero-order chi connectivity index (χ0) is 12.5. The van der Waals surface area contributed by atoms with Crippen molar-refractivity contribution in [2.75, 3.05) is 0 Å². The Labute approximate surface area is 107 Å². The Morgan fingerprint density at radius 3 is 2.35 bits per heavy atom. The smallest absolute Gasteiger partial charge is 0.0988 e. The molecule has 1 aromatic carbocycles. The van der Waals surface area contributed by atoms with Crippen molar-refractivity contribution in [3.05, 3.63) is 41.0 Å². The lowest BCUT2D eigenvalue weighted by Gasteiger charge is -2.13. The number of nitrogens with zero attached hydrogens (tertiary/aromatic N) is 1. The lowest BCUT2D eigenvalue weighted by Crippen LogP contribution is -2.11. The standard InChI is InChI=1S/C14H18N2S/c1-14(2,3)13-16-11(9-15)12(17-13)10-7-5-4-6-8-10/h4-8H,9,15H2,1-3H3. The summed E-state index contributed by atoms with van der Waals surface area (Å²) in [5, 5.41) is 1.15. The van der Waals surface area contributed by atoms with Crippen LogP contribution in [0.5, 0.6) is 0 Å². The lowest BCUT2D eigenvalue weighted by atomic mass is 9.98. The summed E-state index contributed by atoms with van der Waals surface area (Å²) >= 11 is 1.75. The van der Waals surface area contributed by atoms with Crippen LogP contribution in [0.15, 0.2) is 30.3 Å². The number of rotatable bonds is 2. The molecule has 1 heterocycles. The molecule has 0 radical (unpaired) electrons. The largest absolute Gasteiger partial charge is 0.325 e. The van der Waals surface area contributed by atoms with Crippen LogP contribution in [0.3, 0.4) is 0 Å². The molecule has 3 heteroatoms. The van der Waals surface area contributed by atoms with Crippen molar-refractivity contribution >= 4 is 11.3 Å². The first kappa shape index (κ1) is 12.3. The molecule has 0 unspecified atom stereocenters. The van der Waals surface area contributed by atoms with Crippen LogP contribution in [-0.4, -0.2) is 4.98 Å². The summed E-state index contributed by atoms with van der Waals surface area (Å²) in [7, 11) is 0. The van der Waals surface area contributed by atoms with Crippen LogP contribution in [0.1, 0.15) is 31.5 Å². The molecule has 2 nitrogen and oxygen atoms in total. The first-order valence-corrected chi connectivity index (χ1v) is 6.59. The molecule has 0 spiro atoms. The third-order valence-electron chi connectivity index (χ3n) is 2.57. The van der Waals surface area contributed by atoms with Gasteiger partial charge in [0, 0.05) is 12.0 Å². The topological polar surface area (TPSA) is 38.9 Å². The van der Waals surface area contributed by atoms with Gasteiger partial charge in [-0.2, -0.15) is 0 Å². The van der Waals surface area contributed by atoms with Gasteiger partial charge in [-0.15, -0.1) is 11.3 Å². The highest BCUT2D eigenvalue weighted by Gasteiger charge is 2.21. The quantitative estimate of drug-likeness (QED) is 0.880. The van der Waals surface area contributed by atoms with Gasteiger partial charge in [-0.3, -0.25) is 0 Å². The van der Waals surface area contributed by atoms with E-state index in [0.717, 1.165) is 10.7 Å². The van der Waals surface area contributed by atoms with Crippen LogP contribution in [0.25, 0.3) is 10.4 Å². The van der Waals surface area contributed by atoms with E-state index in [1.54, 1.807) is 11.3 Å². The van der Waals surface area contributed by atoms with Crippen molar-refractivity contribution in [2.24, 2.45) is 5.73 Å². The van der Waals surface area contributed by atoms with Crippen LogP contribution in [-0.2, 0) is 12.0 Å². The van der Waals surface area contributed by atoms with Gasteiger partial charge >= 0.3 is 0 Å². The Morgan fingerprint density at radius 1 is 1.18 bits per heavy atom. The van der Waals surface area contributed by atoms with E-state index >= 15 is 0 Å². The van der Waals surface area contributed by atoms with Gasteiger partial charge in [0.1, 0.15) is 0 Å². The van der Waals surface area contributed by atoms with Gasteiger partial charge in [0.2, 0.25) is 0 Å². The molecule has 17 heavy (non-hydrogen) atoms. The Kier molecular flexibility index (Phi) is 3.31. The zero-order valence-electron chi connectivity index (χ0n) is 10.5. The van der Waals surface area contributed by atoms with Crippen molar-refractivity contribution in [2.45, 2.75) is 32.7 Å². The van der Waals surface area contributed by atoms with Crippen LogP contribution in [0.2, 0.25) is 0 Å². The highest BCUT2D eigenvalue weighted by Crippen LogP contribution is 2.35. The molecular formula is C14H18N2S. The van der Waals surface area contributed by atoms with Gasteiger partial charge < -0.3 is 5.73 Å². The number of hydrogen-bond donors (Lipinski definition) is 1. The van der Waals surface area contributed by atoms with Gasteiger partial charge in [0.05, 0.1) is 15.6 Å². The SMILES string of the molecule is CC(C)(C)c1nc(CN)c(-c2ccccc2)s1. The number of benzene rings is 1. The van der Waals surface area contributed by atoms with Gasteiger partial charge in [-0.25, -0.2) is 4.98 Å². The summed E-state index contributed by atoms with van der Waals surface area (Å²) in [6.07, 6.45) is 0. The normalized spacial score (nSPS) is 11.8. The minimum absolute atomic E-state index is 0.0849. The monoisotopic (exact) mass is 246 g/mol. The predicted octanol–water partition coefficient (Wildman–Crippen LogP) is 3.57.